The van der Waals surface area contributed by atoms with E-state index in [9.17, 15) is 4.79 Å². The van der Waals surface area contributed by atoms with Crippen LogP contribution in [0.4, 0.5) is 0 Å². The second kappa shape index (κ2) is 3.89. The molecule has 1 heterocycles. The summed E-state index contributed by atoms with van der Waals surface area (Å²) in [5.41, 5.74) is 2.97. The number of aryl methyl sites for hydroxylation is 1. The number of allylic oxidation sites excluding steroid dienone is 1. The van der Waals surface area contributed by atoms with Crippen LogP contribution in [0.15, 0.2) is 36.1 Å². The average Bonchev–Trinajstić information content (AvgIpc) is 2.22. The van der Waals surface area contributed by atoms with Gasteiger partial charge in [-0.3, -0.25) is 4.79 Å². The van der Waals surface area contributed by atoms with Crippen LogP contribution in [0.3, 0.4) is 0 Å². The first kappa shape index (κ1) is 9.97. The molecule has 0 spiro atoms. The van der Waals surface area contributed by atoms with Crippen LogP contribution in [0.1, 0.15) is 30.6 Å². The van der Waals surface area contributed by atoms with E-state index in [1.807, 2.05) is 25.1 Å². The van der Waals surface area contributed by atoms with Crippen molar-refractivity contribution in [2.75, 3.05) is 0 Å². The molecule has 15 heavy (non-hydrogen) atoms. The molecule has 1 aromatic rings. The van der Waals surface area contributed by atoms with E-state index in [2.05, 4.69) is 6.07 Å². The molecular weight excluding hydrogens is 188 g/mol. The molecule has 0 radical (unpaired) electrons. The van der Waals surface area contributed by atoms with E-state index in [1.54, 1.807) is 13.2 Å². The van der Waals surface area contributed by atoms with Crippen molar-refractivity contribution in [3.05, 3.63) is 47.2 Å². The maximum Gasteiger partial charge on any atom is 0.165 e. The number of carbonyl (C=O) groups excluding carboxylic acids is 1. The zero-order valence-corrected chi connectivity index (χ0v) is 8.99. The van der Waals surface area contributed by atoms with E-state index in [4.69, 9.17) is 4.74 Å². The third-order valence-electron chi connectivity index (χ3n) is 2.63. The Kier molecular flexibility index (Phi) is 2.58. The summed E-state index contributed by atoms with van der Waals surface area (Å²) in [5, 5.41) is 0. The smallest absolute Gasteiger partial charge is 0.165 e. The van der Waals surface area contributed by atoms with Gasteiger partial charge in [0.05, 0.1) is 12.7 Å². The fourth-order valence-electron chi connectivity index (χ4n) is 1.69. The fraction of sp³-hybridized carbons (Fsp3) is 0.308. The summed E-state index contributed by atoms with van der Waals surface area (Å²) in [7, 11) is 0. The van der Waals surface area contributed by atoms with Crippen LogP contribution in [0.25, 0.3) is 0 Å². The highest BCUT2D eigenvalue weighted by Crippen LogP contribution is 2.27. The van der Waals surface area contributed by atoms with Gasteiger partial charge in [0.2, 0.25) is 0 Å². The Hall–Kier alpha value is -1.57. The van der Waals surface area contributed by atoms with E-state index < -0.39 is 0 Å². The van der Waals surface area contributed by atoms with Crippen molar-refractivity contribution in [2.45, 2.75) is 26.4 Å². The Balaban J connectivity index is 2.23. The number of hydrogen-bond acceptors (Lipinski definition) is 2. The predicted octanol–water partition coefficient (Wildman–Crippen LogP) is 2.93. The average molecular weight is 202 g/mol. The van der Waals surface area contributed by atoms with Gasteiger partial charge in [0, 0.05) is 5.57 Å². The third kappa shape index (κ3) is 2.09. The van der Waals surface area contributed by atoms with E-state index in [0.29, 0.717) is 12.0 Å². The molecule has 1 aliphatic rings. The molecule has 0 amide bonds. The van der Waals surface area contributed by atoms with Crippen molar-refractivity contribution in [1.29, 1.82) is 0 Å². The first-order valence-electron chi connectivity index (χ1n) is 5.09. The lowest BCUT2D eigenvalue weighted by Gasteiger charge is -2.21. The molecule has 1 unspecified atom stereocenters. The summed E-state index contributed by atoms with van der Waals surface area (Å²) in [6, 6.07) is 8.09. The van der Waals surface area contributed by atoms with Gasteiger partial charge in [-0.1, -0.05) is 29.8 Å². The molecule has 0 N–H and O–H groups in total. The number of rotatable bonds is 1. The molecule has 78 valence electrons. The van der Waals surface area contributed by atoms with Gasteiger partial charge in [-0.15, -0.1) is 0 Å². The Morgan fingerprint density at radius 2 is 2.13 bits per heavy atom. The highest BCUT2D eigenvalue weighted by Gasteiger charge is 2.21. The van der Waals surface area contributed by atoms with Gasteiger partial charge in [0.1, 0.15) is 6.10 Å². The number of carbonyl (C=O) groups is 1. The normalized spacial score (nSPS) is 20.8. The fourth-order valence-corrected chi connectivity index (χ4v) is 1.69. The van der Waals surface area contributed by atoms with Crippen LogP contribution in [-0.4, -0.2) is 5.78 Å². The van der Waals surface area contributed by atoms with Crippen LogP contribution >= 0.6 is 0 Å². The first-order chi connectivity index (χ1) is 7.16. The Morgan fingerprint density at radius 3 is 2.80 bits per heavy atom. The lowest BCUT2D eigenvalue weighted by molar-refractivity contribution is -0.119. The lowest BCUT2D eigenvalue weighted by Crippen LogP contribution is -2.14. The van der Waals surface area contributed by atoms with E-state index in [1.165, 1.54) is 5.56 Å². The number of ketones is 1. The standard InChI is InChI=1S/C13H14O2/c1-9-4-3-5-11(6-9)13-7-12(14)10(2)8-15-13/h3-6,8,13H,7H2,1-2H3. The van der Waals surface area contributed by atoms with E-state index in [-0.39, 0.29) is 11.9 Å². The van der Waals surface area contributed by atoms with Gasteiger partial charge in [-0.25, -0.2) is 0 Å². The van der Waals surface area contributed by atoms with Gasteiger partial charge in [0.15, 0.2) is 5.78 Å². The quantitative estimate of drug-likeness (QED) is 0.699. The van der Waals surface area contributed by atoms with Crippen LogP contribution in [0.2, 0.25) is 0 Å². The predicted molar refractivity (Wildman–Crippen MR) is 58.4 cm³/mol. The summed E-state index contributed by atoms with van der Waals surface area (Å²) >= 11 is 0. The van der Waals surface area contributed by atoms with E-state index in [0.717, 1.165) is 5.56 Å². The number of ether oxygens (including phenoxy) is 1. The molecule has 2 heteroatoms. The SMILES string of the molecule is CC1=COC(c2cccc(C)c2)CC1=O. The highest BCUT2D eigenvalue weighted by atomic mass is 16.5. The molecule has 0 bridgehead atoms. The summed E-state index contributed by atoms with van der Waals surface area (Å²) < 4.78 is 5.52. The number of benzene rings is 1. The minimum absolute atomic E-state index is 0.110. The number of Topliss-reactive ketones (excluding diaryl/α,β-unsaturated/α-hetero) is 1. The molecule has 2 rings (SSSR count). The minimum Gasteiger partial charge on any atom is -0.492 e. The molecule has 1 aromatic carbocycles. The molecule has 1 aliphatic heterocycles. The Bertz CT molecular complexity index is 418. The van der Waals surface area contributed by atoms with Gasteiger partial charge < -0.3 is 4.74 Å². The molecule has 0 aliphatic carbocycles. The van der Waals surface area contributed by atoms with Crippen molar-refractivity contribution in [2.24, 2.45) is 0 Å². The van der Waals surface area contributed by atoms with E-state index >= 15 is 0 Å². The maximum absolute atomic E-state index is 11.5. The third-order valence-corrected chi connectivity index (χ3v) is 2.63. The molecule has 0 saturated carbocycles. The second-order valence-electron chi connectivity index (χ2n) is 3.97. The van der Waals surface area contributed by atoms with Crippen LogP contribution < -0.4 is 0 Å². The second-order valence-corrected chi connectivity index (χ2v) is 3.97. The topological polar surface area (TPSA) is 26.3 Å². The maximum atomic E-state index is 11.5. The zero-order valence-electron chi connectivity index (χ0n) is 8.99. The van der Waals surface area contributed by atoms with Gasteiger partial charge in [0.25, 0.3) is 0 Å². The molecular formula is C13H14O2. The van der Waals surface area contributed by atoms with Crippen LogP contribution in [0, 0.1) is 6.92 Å². The minimum atomic E-state index is -0.110. The van der Waals surface area contributed by atoms with Crippen molar-refractivity contribution in [1.82, 2.24) is 0 Å². The Labute approximate surface area is 89.6 Å². The highest BCUT2D eigenvalue weighted by molar-refractivity contribution is 5.95. The van der Waals surface area contributed by atoms with Gasteiger partial charge in [-0.2, -0.15) is 0 Å². The van der Waals surface area contributed by atoms with Crippen LogP contribution in [0.5, 0.6) is 0 Å². The van der Waals surface area contributed by atoms with Crippen LogP contribution in [-0.2, 0) is 9.53 Å². The van der Waals surface area contributed by atoms with Gasteiger partial charge >= 0.3 is 0 Å². The molecule has 0 saturated heterocycles. The summed E-state index contributed by atoms with van der Waals surface area (Å²) in [6.45, 7) is 3.82. The first-order valence-corrected chi connectivity index (χ1v) is 5.09. The summed E-state index contributed by atoms with van der Waals surface area (Å²) in [4.78, 5) is 11.5. The van der Waals surface area contributed by atoms with Crippen molar-refractivity contribution in [3.63, 3.8) is 0 Å². The van der Waals surface area contributed by atoms with Crippen molar-refractivity contribution < 1.29 is 9.53 Å². The molecule has 2 nitrogen and oxygen atoms in total. The zero-order chi connectivity index (χ0) is 10.8. The van der Waals surface area contributed by atoms with Gasteiger partial charge in [-0.05, 0) is 19.4 Å². The van der Waals surface area contributed by atoms with Crippen molar-refractivity contribution in [3.8, 4) is 0 Å². The lowest BCUT2D eigenvalue weighted by atomic mass is 9.98. The summed E-state index contributed by atoms with van der Waals surface area (Å²) in [6.07, 6.45) is 1.91. The Morgan fingerprint density at radius 1 is 1.33 bits per heavy atom. The molecule has 0 fully saturated rings. The monoisotopic (exact) mass is 202 g/mol. The summed E-state index contributed by atoms with van der Waals surface area (Å²) in [5.74, 6) is 0.174. The molecule has 1 atom stereocenters. The number of hydrogen-bond donors (Lipinski definition) is 0. The molecule has 0 aromatic heterocycles. The van der Waals surface area contributed by atoms with Crippen molar-refractivity contribution >= 4 is 5.78 Å². The largest absolute Gasteiger partial charge is 0.492 e.